The van der Waals surface area contributed by atoms with E-state index in [4.69, 9.17) is 10.5 Å². The number of carbonyl (C=O) groups excluding carboxylic acids is 1. The van der Waals surface area contributed by atoms with Crippen LogP contribution in [0.2, 0.25) is 0 Å². The van der Waals surface area contributed by atoms with E-state index in [-0.39, 0.29) is 29.9 Å². The molecule has 0 aromatic heterocycles. The van der Waals surface area contributed by atoms with E-state index in [9.17, 15) is 13.2 Å². The Hall–Kier alpha value is -2.42. The minimum absolute atomic E-state index is 0.0868. The first kappa shape index (κ1) is 19.9. The van der Waals surface area contributed by atoms with Crippen LogP contribution in [0.5, 0.6) is 0 Å². The van der Waals surface area contributed by atoms with Gasteiger partial charge in [-0.1, -0.05) is 24.3 Å². The van der Waals surface area contributed by atoms with Crippen LogP contribution in [0.25, 0.3) is 0 Å². The maximum atomic E-state index is 12.8. The van der Waals surface area contributed by atoms with Gasteiger partial charge in [0.1, 0.15) is 0 Å². The highest BCUT2D eigenvalue weighted by Crippen LogP contribution is 2.23. The van der Waals surface area contributed by atoms with Gasteiger partial charge in [-0.25, -0.2) is 8.42 Å². The predicted octanol–water partition coefficient (Wildman–Crippen LogP) is 1.81. The largest absolute Gasteiger partial charge is 0.380 e. The lowest BCUT2D eigenvalue weighted by Crippen LogP contribution is -2.28. The topological polar surface area (TPSA) is 102 Å². The van der Waals surface area contributed by atoms with Gasteiger partial charge in [0.15, 0.2) is 0 Å². The molecule has 0 heterocycles. The number of nitrogens with one attached hydrogen (secondary N) is 1. The fourth-order valence-electron chi connectivity index (χ4n) is 2.35. The number of rotatable bonds is 8. The molecule has 7 nitrogen and oxygen atoms in total. The van der Waals surface area contributed by atoms with Gasteiger partial charge < -0.3 is 15.8 Å². The highest BCUT2D eigenvalue weighted by molar-refractivity contribution is 7.92. The Morgan fingerprint density at radius 1 is 1.19 bits per heavy atom. The first-order chi connectivity index (χ1) is 12.4. The summed E-state index contributed by atoms with van der Waals surface area (Å²) in [5.74, 6) is -0.298. The minimum atomic E-state index is -3.75. The number of sulfonamides is 1. The lowest BCUT2D eigenvalue weighted by molar-refractivity contribution is -0.118. The zero-order chi connectivity index (χ0) is 19.2. The van der Waals surface area contributed by atoms with Gasteiger partial charge in [0.2, 0.25) is 5.91 Å². The van der Waals surface area contributed by atoms with Crippen molar-refractivity contribution in [2.75, 3.05) is 30.3 Å². The van der Waals surface area contributed by atoms with Crippen LogP contribution in [0.3, 0.4) is 0 Å². The number of nitrogens with two attached hydrogens (primary N) is 1. The molecule has 0 saturated carbocycles. The second-order valence-corrected chi connectivity index (χ2v) is 7.65. The van der Waals surface area contributed by atoms with Crippen LogP contribution in [0.15, 0.2) is 59.5 Å². The van der Waals surface area contributed by atoms with Crippen molar-refractivity contribution in [2.45, 2.75) is 17.4 Å². The van der Waals surface area contributed by atoms with Crippen molar-refractivity contribution in [2.24, 2.45) is 5.73 Å². The summed E-state index contributed by atoms with van der Waals surface area (Å²) < 4.78 is 31.9. The number of amides is 1. The number of carbonyl (C=O) groups is 1. The van der Waals surface area contributed by atoms with Crippen LogP contribution in [0.4, 0.5) is 11.4 Å². The normalized spacial score (nSPS) is 12.4. The first-order valence-electron chi connectivity index (χ1n) is 8.05. The van der Waals surface area contributed by atoms with Crippen LogP contribution < -0.4 is 15.4 Å². The maximum absolute atomic E-state index is 12.8. The van der Waals surface area contributed by atoms with Gasteiger partial charge in [-0.15, -0.1) is 0 Å². The Balaban J connectivity index is 2.19. The van der Waals surface area contributed by atoms with Crippen molar-refractivity contribution in [3.63, 3.8) is 0 Å². The molecular formula is C18H23N3O4S. The Kier molecular flexibility index (Phi) is 6.73. The molecule has 1 atom stereocenters. The summed E-state index contributed by atoms with van der Waals surface area (Å²) >= 11 is 0. The van der Waals surface area contributed by atoms with Crippen molar-refractivity contribution in [3.8, 4) is 0 Å². The molecule has 0 saturated heterocycles. The van der Waals surface area contributed by atoms with Gasteiger partial charge in [-0.3, -0.25) is 9.10 Å². The van der Waals surface area contributed by atoms with Crippen LogP contribution in [-0.2, 0) is 19.6 Å². The Morgan fingerprint density at radius 2 is 1.88 bits per heavy atom. The summed E-state index contributed by atoms with van der Waals surface area (Å²) in [6.45, 7) is 0.222. The molecule has 1 unspecified atom stereocenters. The Morgan fingerprint density at radius 3 is 2.50 bits per heavy atom. The quantitative estimate of drug-likeness (QED) is 0.731. The average molecular weight is 377 g/mol. The monoisotopic (exact) mass is 377 g/mol. The zero-order valence-corrected chi connectivity index (χ0v) is 15.6. The summed E-state index contributed by atoms with van der Waals surface area (Å²) in [6.07, 6.45) is -0.292. The molecule has 140 valence electrons. The predicted molar refractivity (Wildman–Crippen MR) is 102 cm³/mol. The number of para-hydroxylation sites is 1. The number of nitrogens with zero attached hydrogens (tertiary/aromatic N) is 1. The Bertz CT molecular complexity index is 837. The van der Waals surface area contributed by atoms with E-state index in [1.165, 1.54) is 30.6 Å². The number of ether oxygens (including phenoxy) is 1. The second-order valence-electron chi connectivity index (χ2n) is 5.68. The third-order valence-electron chi connectivity index (χ3n) is 3.91. The van der Waals surface area contributed by atoms with E-state index >= 15 is 0 Å². The summed E-state index contributed by atoms with van der Waals surface area (Å²) in [6, 6.07) is 14.9. The van der Waals surface area contributed by atoms with Crippen LogP contribution in [0, 0.1) is 0 Å². The van der Waals surface area contributed by atoms with E-state index < -0.39 is 10.0 Å². The molecule has 2 aromatic carbocycles. The third-order valence-corrected chi connectivity index (χ3v) is 5.69. The molecule has 26 heavy (non-hydrogen) atoms. The zero-order valence-electron chi connectivity index (χ0n) is 14.8. The molecule has 2 rings (SSSR count). The van der Waals surface area contributed by atoms with Crippen molar-refractivity contribution >= 4 is 27.3 Å². The maximum Gasteiger partial charge on any atom is 0.264 e. The van der Waals surface area contributed by atoms with Gasteiger partial charge in [0, 0.05) is 26.4 Å². The molecule has 0 aliphatic rings. The lowest BCUT2D eigenvalue weighted by Gasteiger charge is -2.20. The van der Waals surface area contributed by atoms with E-state index in [0.717, 1.165) is 0 Å². The molecule has 2 aromatic rings. The molecule has 0 bridgehead atoms. The molecular weight excluding hydrogens is 354 g/mol. The number of hydrogen-bond donors (Lipinski definition) is 2. The van der Waals surface area contributed by atoms with E-state index in [0.29, 0.717) is 11.4 Å². The van der Waals surface area contributed by atoms with Crippen molar-refractivity contribution in [3.05, 3.63) is 54.6 Å². The third kappa shape index (κ3) is 4.81. The molecule has 0 aliphatic carbocycles. The van der Waals surface area contributed by atoms with Crippen molar-refractivity contribution in [1.29, 1.82) is 0 Å². The summed E-state index contributed by atoms with van der Waals surface area (Å²) in [5, 5.41) is 2.67. The average Bonchev–Trinajstić information content (AvgIpc) is 2.66. The fraction of sp³-hybridized carbons (Fsp3) is 0.278. The van der Waals surface area contributed by atoms with Gasteiger partial charge in [-0.05, 0) is 30.3 Å². The van der Waals surface area contributed by atoms with Crippen molar-refractivity contribution in [1.82, 2.24) is 0 Å². The van der Waals surface area contributed by atoms with Crippen LogP contribution >= 0.6 is 0 Å². The van der Waals surface area contributed by atoms with E-state index in [1.807, 2.05) is 6.07 Å². The molecule has 3 N–H and O–H groups in total. The van der Waals surface area contributed by atoms with Gasteiger partial charge in [0.05, 0.1) is 23.1 Å². The number of benzene rings is 2. The van der Waals surface area contributed by atoms with Crippen molar-refractivity contribution < 1.29 is 17.9 Å². The van der Waals surface area contributed by atoms with Gasteiger partial charge in [0.25, 0.3) is 10.0 Å². The molecule has 1 amide bonds. The highest BCUT2D eigenvalue weighted by Gasteiger charge is 2.22. The highest BCUT2D eigenvalue weighted by atomic mass is 32.2. The van der Waals surface area contributed by atoms with Crippen LogP contribution in [-0.4, -0.2) is 41.1 Å². The van der Waals surface area contributed by atoms with Crippen LogP contribution in [0.1, 0.15) is 6.42 Å². The second kappa shape index (κ2) is 8.79. The summed E-state index contributed by atoms with van der Waals surface area (Å²) in [5.41, 5.74) is 6.45. The molecule has 0 fully saturated rings. The summed E-state index contributed by atoms with van der Waals surface area (Å²) in [7, 11) is -0.775. The molecule has 0 radical (unpaired) electrons. The van der Waals surface area contributed by atoms with E-state index in [1.54, 1.807) is 36.4 Å². The van der Waals surface area contributed by atoms with Gasteiger partial charge >= 0.3 is 0 Å². The standard InChI is InChI=1S/C18H23N3O4S/c1-21(15-8-4-3-5-9-15)26(23,24)17-10-6-7-14(11-17)20-18(22)12-16(13-19)25-2/h3-11,16H,12-13,19H2,1-2H3,(H,20,22). The minimum Gasteiger partial charge on any atom is -0.380 e. The molecule has 0 spiro atoms. The molecule has 0 aliphatic heterocycles. The number of hydrogen-bond acceptors (Lipinski definition) is 5. The number of methoxy groups -OCH3 is 1. The molecule has 8 heteroatoms. The van der Waals surface area contributed by atoms with Gasteiger partial charge in [-0.2, -0.15) is 0 Å². The fourth-order valence-corrected chi connectivity index (χ4v) is 3.59. The van der Waals surface area contributed by atoms with E-state index in [2.05, 4.69) is 5.32 Å². The number of anilines is 2. The first-order valence-corrected chi connectivity index (χ1v) is 9.49. The lowest BCUT2D eigenvalue weighted by atomic mass is 10.2. The Labute approximate surface area is 153 Å². The smallest absolute Gasteiger partial charge is 0.264 e. The summed E-state index contributed by atoms with van der Waals surface area (Å²) in [4.78, 5) is 12.1. The SMILES string of the molecule is COC(CN)CC(=O)Nc1cccc(S(=O)(=O)N(C)c2ccccc2)c1.